The van der Waals surface area contributed by atoms with Gasteiger partial charge in [-0.25, -0.2) is 0 Å². The first-order valence-corrected chi connectivity index (χ1v) is 8.33. The van der Waals surface area contributed by atoms with Gasteiger partial charge in [0.25, 0.3) is 11.8 Å². The SMILES string of the molecule is CNC(=O)[C@@H]1CN(C(=O)c2ccc(-c3nnco3)cc2)c2ccccc2O1. The number of rotatable bonds is 3. The summed E-state index contributed by atoms with van der Waals surface area (Å²) >= 11 is 0. The largest absolute Gasteiger partial charge is 0.477 e. The number of anilines is 1. The standard InChI is InChI=1S/C19H16N4O4/c1-20-17(24)16-10-23(14-4-2-3-5-15(14)27-16)19(25)13-8-6-12(7-9-13)18-22-21-11-26-18/h2-9,11,16H,10H2,1H3,(H,20,24)/t16-/m0/s1. The van der Waals surface area contributed by atoms with Crippen LogP contribution in [0, 0.1) is 0 Å². The van der Waals surface area contributed by atoms with Crippen molar-refractivity contribution >= 4 is 17.5 Å². The Morgan fingerprint density at radius 1 is 1.15 bits per heavy atom. The molecule has 0 saturated carbocycles. The van der Waals surface area contributed by atoms with Crippen molar-refractivity contribution in [1.82, 2.24) is 15.5 Å². The van der Waals surface area contributed by atoms with Gasteiger partial charge in [-0.15, -0.1) is 10.2 Å². The fraction of sp³-hybridized carbons (Fsp3) is 0.158. The van der Waals surface area contributed by atoms with Crippen molar-refractivity contribution in [3.8, 4) is 17.2 Å². The van der Waals surface area contributed by atoms with E-state index in [-0.39, 0.29) is 18.4 Å². The molecule has 8 heteroatoms. The summed E-state index contributed by atoms with van der Waals surface area (Å²) in [5, 5.41) is 10.1. The molecule has 0 radical (unpaired) electrons. The van der Waals surface area contributed by atoms with Gasteiger partial charge in [0.1, 0.15) is 5.75 Å². The molecule has 4 rings (SSSR count). The third-order valence-corrected chi connectivity index (χ3v) is 4.30. The average Bonchev–Trinajstić information content (AvgIpc) is 3.27. The topological polar surface area (TPSA) is 97.6 Å². The van der Waals surface area contributed by atoms with Crippen LogP contribution in [-0.4, -0.2) is 41.7 Å². The van der Waals surface area contributed by atoms with Gasteiger partial charge in [0.05, 0.1) is 12.2 Å². The highest BCUT2D eigenvalue weighted by Gasteiger charge is 2.33. The highest BCUT2D eigenvalue weighted by atomic mass is 16.5. The third-order valence-electron chi connectivity index (χ3n) is 4.30. The maximum absolute atomic E-state index is 13.1. The molecule has 2 heterocycles. The Balaban J connectivity index is 1.64. The van der Waals surface area contributed by atoms with Gasteiger partial charge in [0.15, 0.2) is 6.10 Å². The molecule has 1 N–H and O–H groups in total. The fourth-order valence-electron chi connectivity index (χ4n) is 2.93. The first-order chi connectivity index (χ1) is 13.2. The summed E-state index contributed by atoms with van der Waals surface area (Å²) in [6, 6.07) is 14.0. The Morgan fingerprint density at radius 3 is 2.63 bits per heavy atom. The van der Waals surface area contributed by atoms with Gasteiger partial charge in [0, 0.05) is 18.2 Å². The molecule has 136 valence electrons. The van der Waals surface area contributed by atoms with Crippen molar-refractivity contribution in [3.63, 3.8) is 0 Å². The minimum absolute atomic E-state index is 0.126. The van der Waals surface area contributed by atoms with Crippen LogP contribution < -0.4 is 15.0 Å². The molecule has 0 spiro atoms. The molecule has 1 atom stereocenters. The van der Waals surface area contributed by atoms with E-state index in [9.17, 15) is 9.59 Å². The quantitative estimate of drug-likeness (QED) is 0.762. The van der Waals surface area contributed by atoms with Crippen LogP contribution in [-0.2, 0) is 4.79 Å². The molecule has 1 aromatic heterocycles. The van der Waals surface area contributed by atoms with Gasteiger partial charge < -0.3 is 19.4 Å². The van der Waals surface area contributed by atoms with Crippen molar-refractivity contribution in [2.45, 2.75) is 6.10 Å². The van der Waals surface area contributed by atoms with Crippen LogP contribution in [0.2, 0.25) is 0 Å². The van der Waals surface area contributed by atoms with Crippen molar-refractivity contribution in [2.24, 2.45) is 0 Å². The number of para-hydroxylation sites is 2. The van der Waals surface area contributed by atoms with E-state index in [0.717, 1.165) is 5.56 Å². The first-order valence-electron chi connectivity index (χ1n) is 8.33. The van der Waals surface area contributed by atoms with E-state index in [0.29, 0.717) is 22.9 Å². The van der Waals surface area contributed by atoms with Crippen LogP contribution in [0.15, 0.2) is 59.3 Å². The van der Waals surface area contributed by atoms with E-state index in [1.807, 2.05) is 6.07 Å². The number of hydrogen-bond acceptors (Lipinski definition) is 6. The molecule has 1 aliphatic rings. The lowest BCUT2D eigenvalue weighted by molar-refractivity contribution is -0.127. The Labute approximate surface area is 154 Å². The molecule has 3 aromatic rings. The number of amides is 2. The van der Waals surface area contributed by atoms with Gasteiger partial charge in [0.2, 0.25) is 12.3 Å². The van der Waals surface area contributed by atoms with Crippen LogP contribution in [0.1, 0.15) is 10.4 Å². The number of carbonyl (C=O) groups is 2. The lowest BCUT2D eigenvalue weighted by Gasteiger charge is -2.34. The number of nitrogens with one attached hydrogen (secondary N) is 1. The molecule has 1 aliphatic heterocycles. The molecular formula is C19H16N4O4. The number of fused-ring (bicyclic) bond motifs is 1. The van der Waals surface area contributed by atoms with Gasteiger partial charge in [-0.05, 0) is 36.4 Å². The van der Waals surface area contributed by atoms with Crippen molar-refractivity contribution in [3.05, 3.63) is 60.5 Å². The molecule has 27 heavy (non-hydrogen) atoms. The highest BCUT2D eigenvalue weighted by Crippen LogP contribution is 2.34. The van der Waals surface area contributed by atoms with Gasteiger partial charge in [-0.2, -0.15) is 0 Å². The van der Waals surface area contributed by atoms with E-state index in [4.69, 9.17) is 9.15 Å². The second-order valence-electron chi connectivity index (χ2n) is 5.93. The Hall–Kier alpha value is -3.68. The Kier molecular flexibility index (Phi) is 4.29. The minimum Gasteiger partial charge on any atom is -0.477 e. The summed E-state index contributed by atoms with van der Waals surface area (Å²) in [5.74, 6) is 0.365. The Morgan fingerprint density at radius 2 is 1.93 bits per heavy atom. The highest BCUT2D eigenvalue weighted by molar-refractivity contribution is 6.08. The minimum atomic E-state index is -0.772. The molecule has 0 saturated heterocycles. The fourth-order valence-corrected chi connectivity index (χ4v) is 2.93. The number of ether oxygens (including phenoxy) is 1. The van der Waals surface area contributed by atoms with E-state index < -0.39 is 6.10 Å². The molecule has 2 amide bonds. The summed E-state index contributed by atoms with van der Waals surface area (Å²) in [6.07, 6.45) is 0.476. The lowest BCUT2D eigenvalue weighted by Crippen LogP contribution is -2.50. The molecule has 0 aliphatic carbocycles. The van der Waals surface area contributed by atoms with E-state index in [1.54, 1.807) is 47.4 Å². The summed E-state index contributed by atoms with van der Waals surface area (Å²) in [5.41, 5.74) is 1.82. The van der Waals surface area contributed by atoms with Crippen LogP contribution >= 0.6 is 0 Å². The predicted molar refractivity (Wildman–Crippen MR) is 96.3 cm³/mol. The average molecular weight is 364 g/mol. The summed E-state index contributed by atoms with van der Waals surface area (Å²) in [6.45, 7) is 0.126. The zero-order valence-corrected chi connectivity index (χ0v) is 14.5. The second-order valence-corrected chi connectivity index (χ2v) is 5.93. The number of carbonyl (C=O) groups excluding carboxylic acids is 2. The molecule has 0 bridgehead atoms. The number of aromatic nitrogens is 2. The third kappa shape index (κ3) is 3.12. The molecule has 0 fully saturated rings. The molecule has 8 nitrogen and oxygen atoms in total. The number of likely N-dealkylation sites (N-methyl/N-ethyl adjacent to an activating group) is 1. The van der Waals surface area contributed by atoms with Crippen LogP contribution in [0.5, 0.6) is 5.75 Å². The maximum atomic E-state index is 13.1. The zero-order chi connectivity index (χ0) is 18.8. The molecule has 2 aromatic carbocycles. The molecular weight excluding hydrogens is 348 g/mol. The molecule has 0 unspecified atom stereocenters. The van der Waals surface area contributed by atoms with E-state index >= 15 is 0 Å². The summed E-state index contributed by atoms with van der Waals surface area (Å²) in [4.78, 5) is 26.7. The normalized spacial score (nSPS) is 15.6. The smallest absolute Gasteiger partial charge is 0.262 e. The monoisotopic (exact) mass is 364 g/mol. The van der Waals surface area contributed by atoms with E-state index in [1.165, 1.54) is 13.4 Å². The Bertz CT molecular complexity index is 970. The predicted octanol–water partition coefficient (Wildman–Crippen LogP) is 1.89. The first kappa shape index (κ1) is 16.8. The van der Waals surface area contributed by atoms with Gasteiger partial charge in [-0.3, -0.25) is 9.59 Å². The van der Waals surface area contributed by atoms with Gasteiger partial charge >= 0.3 is 0 Å². The number of hydrogen-bond donors (Lipinski definition) is 1. The zero-order valence-electron chi connectivity index (χ0n) is 14.5. The number of benzene rings is 2. The maximum Gasteiger partial charge on any atom is 0.262 e. The van der Waals surface area contributed by atoms with E-state index in [2.05, 4.69) is 15.5 Å². The van der Waals surface area contributed by atoms with Crippen molar-refractivity contribution in [2.75, 3.05) is 18.5 Å². The second kappa shape index (κ2) is 6.91. The van der Waals surface area contributed by atoms with Crippen LogP contribution in [0.25, 0.3) is 11.5 Å². The van der Waals surface area contributed by atoms with Crippen LogP contribution in [0.4, 0.5) is 5.69 Å². The summed E-state index contributed by atoms with van der Waals surface area (Å²) in [7, 11) is 1.54. The van der Waals surface area contributed by atoms with Crippen LogP contribution in [0.3, 0.4) is 0 Å². The number of nitrogens with zero attached hydrogens (tertiary/aromatic N) is 3. The van der Waals surface area contributed by atoms with Crippen molar-refractivity contribution in [1.29, 1.82) is 0 Å². The van der Waals surface area contributed by atoms with Gasteiger partial charge in [-0.1, -0.05) is 12.1 Å². The summed E-state index contributed by atoms with van der Waals surface area (Å²) < 4.78 is 10.9. The lowest BCUT2D eigenvalue weighted by atomic mass is 10.1. The van der Waals surface area contributed by atoms with Crippen molar-refractivity contribution < 1.29 is 18.7 Å².